The van der Waals surface area contributed by atoms with Gasteiger partial charge in [-0.1, -0.05) is 0 Å². The summed E-state index contributed by atoms with van der Waals surface area (Å²) in [5, 5.41) is 0. The highest BCUT2D eigenvalue weighted by molar-refractivity contribution is 6.28. The minimum atomic E-state index is 0.789. The Morgan fingerprint density at radius 3 is 2.71 bits per heavy atom. The number of aromatic nitrogens is 2. The lowest BCUT2D eigenvalue weighted by Gasteiger charge is -1.74. The van der Waals surface area contributed by atoms with E-state index in [0.717, 1.165) is 11.1 Å². The van der Waals surface area contributed by atoms with E-state index in [-0.39, 0.29) is 0 Å². The quantitative estimate of drug-likeness (QED) is 0.447. The van der Waals surface area contributed by atoms with Crippen LogP contribution in [0, 0.1) is 6.92 Å². The molecular weight excluding hydrogens is 104 g/mol. The summed E-state index contributed by atoms with van der Waals surface area (Å²) in [5.74, 6) is 0. The molecule has 0 aromatic carbocycles. The van der Waals surface area contributed by atoms with Gasteiger partial charge in [0.05, 0.1) is 5.45 Å². The van der Waals surface area contributed by atoms with Crippen molar-refractivity contribution in [3.63, 3.8) is 0 Å². The number of H-pyrrole nitrogens is 1. The molecule has 0 fully saturated rings. The highest BCUT2D eigenvalue weighted by atomic mass is 28.1. The summed E-state index contributed by atoms with van der Waals surface area (Å²) in [4.78, 5) is 6.82. The molecule has 3 heteroatoms. The minimum Gasteiger partial charge on any atom is -0.351 e. The van der Waals surface area contributed by atoms with Crippen molar-refractivity contribution in [2.24, 2.45) is 0 Å². The molecule has 0 saturated carbocycles. The normalized spacial score (nSPS) is 9.43. The predicted octanol–water partition coefficient (Wildman–Crippen LogP) is -0.488. The van der Waals surface area contributed by atoms with E-state index in [1.807, 2.05) is 6.92 Å². The molecule has 0 aliphatic heterocycles. The van der Waals surface area contributed by atoms with Crippen LogP contribution in [-0.4, -0.2) is 20.2 Å². The van der Waals surface area contributed by atoms with Crippen molar-refractivity contribution < 1.29 is 0 Å². The number of aryl methyl sites for hydroxylation is 1. The molecule has 0 unspecified atom stereocenters. The van der Waals surface area contributed by atoms with Crippen LogP contribution < -0.4 is 5.45 Å². The first kappa shape index (κ1) is 4.58. The maximum Gasteiger partial charge on any atom is 0.125 e. The lowest BCUT2D eigenvalue weighted by Crippen LogP contribution is -2.05. The fraction of sp³-hybridized carbons (Fsp3) is 0.250. The van der Waals surface area contributed by atoms with Crippen LogP contribution in [0.4, 0.5) is 0 Å². The smallest absolute Gasteiger partial charge is 0.125 e. The SMILES string of the molecule is Cc1cnc([Si])[nH]1. The molecule has 35 valence electrons. The Morgan fingerprint density at radius 2 is 2.57 bits per heavy atom. The van der Waals surface area contributed by atoms with Gasteiger partial charge in [0.25, 0.3) is 0 Å². The summed E-state index contributed by atoms with van der Waals surface area (Å²) in [6, 6.07) is 0. The first-order valence-electron chi connectivity index (χ1n) is 2.02. The van der Waals surface area contributed by atoms with Crippen molar-refractivity contribution in [1.82, 2.24) is 9.97 Å². The van der Waals surface area contributed by atoms with Gasteiger partial charge in [-0.3, -0.25) is 0 Å². The fourth-order valence-corrected chi connectivity index (χ4v) is 0.674. The summed E-state index contributed by atoms with van der Waals surface area (Å²) in [5.41, 5.74) is 1.86. The van der Waals surface area contributed by atoms with Gasteiger partial charge in [0.15, 0.2) is 0 Å². The van der Waals surface area contributed by atoms with Crippen molar-refractivity contribution in [2.75, 3.05) is 0 Å². The summed E-state index contributed by atoms with van der Waals surface area (Å²) < 4.78 is 0. The van der Waals surface area contributed by atoms with Crippen molar-refractivity contribution in [2.45, 2.75) is 6.92 Å². The third-order valence-corrected chi connectivity index (χ3v) is 0.957. The van der Waals surface area contributed by atoms with Crippen LogP contribution in [-0.2, 0) is 0 Å². The maximum atomic E-state index is 3.87. The topological polar surface area (TPSA) is 28.7 Å². The Bertz CT molecular complexity index is 142. The third-order valence-electron chi connectivity index (χ3n) is 0.703. The van der Waals surface area contributed by atoms with Crippen LogP contribution in [0.1, 0.15) is 5.69 Å². The number of nitrogens with one attached hydrogen (secondary N) is 1. The molecular formula is C4H5N2Si. The van der Waals surface area contributed by atoms with E-state index >= 15 is 0 Å². The van der Waals surface area contributed by atoms with Gasteiger partial charge in [-0.25, -0.2) is 4.98 Å². The van der Waals surface area contributed by atoms with E-state index in [1.54, 1.807) is 6.20 Å². The summed E-state index contributed by atoms with van der Waals surface area (Å²) in [7, 11) is 3.21. The molecule has 1 N–H and O–H groups in total. The zero-order chi connectivity index (χ0) is 5.28. The van der Waals surface area contributed by atoms with Gasteiger partial charge in [-0.15, -0.1) is 0 Å². The van der Waals surface area contributed by atoms with Gasteiger partial charge in [-0.05, 0) is 6.92 Å². The van der Waals surface area contributed by atoms with Gasteiger partial charge in [-0.2, -0.15) is 0 Å². The monoisotopic (exact) mass is 109 g/mol. The molecule has 3 radical (unpaired) electrons. The van der Waals surface area contributed by atoms with E-state index in [1.165, 1.54) is 0 Å². The molecule has 1 aromatic heterocycles. The Labute approximate surface area is 45.4 Å². The molecule has 1 heterocycles. The Hall–Kier alpha value is -0.573. The van der Waals surface area contributed by atoms with Crippen LogP contribution in [0.5, 0.6) is 0 Å². The molecule has 0 atom stereocenters. The van der Waals surface area contributed by atoms with Crippen molar-refractivity contribution in [1.29, 1.82) is 0 Å². The van der Waals surface area contributed by atoms with Crippen LogP contribution in [0.15, 0.2) is 6.20 Å². The van der Waals surface area contributed by atoms with Gasteiger partial charge in [0.2, 0.25) is 0 Å². The second-order valence-corrected chi connectivity index (χ2v) is 1.89. The average molecular weight is 109 g/mol. The maximum absolute atomic E-state index is 3.87. The summed E-state index contributed by atoms with van der Waals surface area (Å²) in [6.45, 7) is 1.96. The Morgan fingerprint density at radius 1 is 1.86 bits per heavy atom. The number of nitrogens with zero attached hydrogens (tertiary/aromatic N) is 1. The van der Waals surface area contributed by atoms with Gasteiger partial charge in [0, 0.05) is 11.9 Å². The van der Waals surface area contributed by atoms with Crippen molar-refractivity contribution >= 4 is 15.7 Å². The second kappa shape index (κ2) is 1.50. The first-order chi connectivity index (χ1) is 3.29. The largest absolute Gasteiger partial charge is 0.351 e. The van der Waals surface area contributed by atoms with E-state index in [4.69, 9.17) is 0 Å². The average Bonchev–Trinajstić information content (AvgIpc) is 1.87. The fourth-order valence-electron chi connectivity index (χ4n) is 0.413. The molecule has 2 nitrogen and oxygen atoms in total. The number of imidazole rings is 1. The molecule has 0 saturated heterocycles. The number of rotatable bonds is 0. The third kappa shape index (κ3) is 0.897. The predicted molar refractivity (Wildman–Crippen MR) is 28.7 cm³/mol. The first-order valence-corrected chi connectivity index (χ1v) is 2.52. The standard InChI is InChI=1S/C4H5N2Si/c1-3-2-5-4(7)6-3/h2H,1H3,(H,5,6). The number of hydrogen-bond acceptors (Lipinski definition) is 1. The van der Waals surface area contributed by atoms with Crippen molar-refractivity contribution in [3.8, 4) is 0 Å². The zero-order valence-electron chi connectivity index (χ0n) is 4.02. The molecule has 0 aliphatic rings. The second-order valence-electron chi connectivity index (χ2n) is 1.41. The molecule has 0 spiro atoms. The lowest BCUT2D eigenvalue weighted by atomic mass is 10.6. The number of aromatic amines is 1. The van der Waals surface area contributed by atoms with Crippen LogP contribution in [0.25, 0.3) is 0 Å². The summed E-state index contributed by atoms with van der Waals surface area (Å²) in [6.07, 6.45) is 1.77. The Balaban J connectivity index is 3.04. The highest BCUT2D eigenvalue weighted by Gasteiger charge is 1.83. The van der Waals surface area contributed by atoms with E-state index in [9.17, 15) is 0 Å². The molecule has 1 aromatic rings. The molecule has 0 aliphatic carbocycles. The highest BCUT2D eigenvalue weighted by Crippen LogP contribution is 1.78. The number of hydrogen-bond donors (Lipinski definition) is 1. The molecule has 1 rings (SSSR count). The van der Waals surface area contributed by atoms with Gasteiger partial charge >= 0.3 is 0 Å². The van der Waals surface area contributed by atoms with Gasteiger partial charge in [0.1, 0.15) is 10.2 Å². The minimum absolute atomic E-state index is 0.789. The Kier molecular flexibility index (Phi) is 0.980. The van der Waals surface area contributed by atoms with E-state index in [2.05, 4.69) is 20.2 Å². The molecule has 0 amide bonds. The molecule has 0 bridgehead atoms. The van der Waals surface area contributed by atoms with E-state index < -0.39 is 0 Å². The van der Waals surface area contributed by atoms with Crippen LogP contribution >= 0.6 is 0 Å². The van der Waals surface area contributed by atoms with E-state index in [0.29, 0.717) is 0 Å². The van der Waals surface area contributed by atoms with Gasteiger partial charge < -0.3 is 4.98 Å². The van der Waals surface area contributed by atoms with Crippen LogP contribution in [0.2, 0.25) is 0 Å². The van der Waals surface area contributed by atoms with Crippen LogP contribution in [0.3, 0.4) is 0 Å². The summed E-state index contributed by atoms with van der Waals surface area (Å²) >= 11 is 0. The molecule has 7 heavy (non-hydrogen) atoms. The zero-order valence-corrected chi connectivity index (χ0v) is 5.02. The van der Waals surface area contributed by atoms with Crippen molar-refractivity contribution in [3.05, 3.63) is 11.9 Å². The lowest BCUT2D eigenvalue weighted by molar-refractivity contribution is 1.30.